The number of furan rings is 1. The van der Waals surface area contributed by atoms with E-state index in [0.29, 0.717) is 0 Å². The van der Waals surface area contributed by atoms with E-state index >= 15 is 0 Å². The van der Waals surface area contributed by atoms with Gasteiger partial charge in [-0.2, -0.15) is 11.8 Å². The highest BCUT2D eigenvalue weighted by atomic mass is 32.2. The van der Waals surface area contributed by atoms with Crippen LogP contribution in [0, 0.1) is 0 Å². The van der Waals surface area contributed by atoms with Crippen LogP contribution in [-0.4, -0.2) is 35.0 Å². The van der Waals surface area contributed by atoms with Crippen molar-refractivity contribution < 1.29 is 4.42 Å². The second kappa shape index (κ2) is 5.68. The normalized spacial score (nSPS) is 25.5. The molecule has 1 aliphatic carbocycles. The van der Waals surface area contributed by atoms with E-state index in [1.165, 1.54) is 37.2 Å². The van der Waals surface area contributed by atoms with Crippen LogP contribution in [-0.2, 0) is 13.1 Å². The van der Waals surface area contributed by atoms with E-state index < -0.39 is 0 Å². The highest BCUT2D eigenvalue weighted by Gasteiger charge is 2.21. The van der Waals surface area contributed by atoms with Crippen molar-refractivity contribution in [3.8, 4) is 0 Å². The van der Waals surface area contributed by atoms with E-state index in [4.69, 9.17) is 4.42 Å². The van der Waals surface area contributed by atoms with Crippen molar-refractivity contribution in [1.29, 1.82) is 0 Å². The van der Waals surface area contributed by atoms with Crippen LogP contribution in [0.4, 0.5) is 0 Å². The second-order valence-corrected chi connectivity index (χ2v) is 7.04. The Balaban J connectivity index is 1.49. The molecule has 0 radical (unpaired) electrons. The zero-order chi connectivity index (χ0) is 12.4. The fourth-order valence-corrected chi connectivity index (χ4v) is 3.49. The highest BCUT2D eigenvalue weighted by molar-refractivity contribution is 7.99. The Morgan fingerprint density at radius 2 is 2.39 bits per heavy atom. The third-order valence-electron chi connectivity index (χ3n) is 3.58. The SMILES string of the molecule is CC1CN(Cc2cc(CNC3CC3)co2)CCS1. The maximum absolute atomic E-state index is 5.67. The van der Waals surface area contributed by atoms with Crippen molar-refractivity contribution in [2.24, 2.45) is 0 Å². The summed E-state index contributed by atoms with van der Waals surface area (Å²) in [5.74, 6) is 2.36. The molecule has 18 heavy (non-hydrogen) atoms. The number of hydrogen-bond donors (Lipinski definition) is 1. The molecule has 0 amide bonds. The first kappa shape index (κ1) is 12.6. The summed E-state index contributed by atoms with van der Waals surface area (Å²) in [6.45, 7) is 6.60. The van der Waals surface area contributed by atoms with Crippen LogP contribution in [0.3, 0.4) is 0 Å². The van der Waals surface area contributed by atoms with Crippen molar-refractivity contribution in [3.63, 3.8) is 0 Å². The molecule has 2 fully saturated rings. The van der Waals surface area contributed by atoms with E-state index in [2.05, 4.69) is 35.0 Å². The summed E-state index contributed by atoms with van der Waals surface area (Å²) in [5.41, 5.74) is 1.29. The van der Waals surface area contributed by atoms with Gasteiger partial charge in [0.05, 0.1) is 12.8 Å². The Morgan fingerprint density at radius 3 is 3.17 bits per heavy atom. The van der Waals surface area contributed by atoms with Crippen LogP contribution < -0.4 is 5.32 Å². The molecule has 4 heteroatoms. The fourth-order valence-electron chi connectivity index (χ4n) is 2.41. The molecular weight excluding hydrogens is 244 g/mol. The molecule has 3 nitrogen and oxygen atoms in total. The Hall–Kier alpha value is -0.450. The predicted molar refractivity (Wildman–Crippen MR) is 75.8 cm³/mol. The minimum Gasteiger partial charge on any atom is -0.468 e. The molecule has 1 unspecified atom stereocenters. The first-order chi connectivity index (χ1) is 8.79. The molecular formula is C14H22N2OS. The predicted octanol–water partition coefficient (Wildman–Crippen LogP) is 2.47. The first-order valence-electron chi connectivity index (χ1n) is 6.93. The Morgan fingerprint density at radius 1 is 1.50 bits per heavy atom. The van der Waals surface area contributed by atoms with Gasteiger partial charge in [-0.25, -0.2) is 0 Å². The van der Waals surface area contributed by atoms with Gasteiger partial charge in [-0.1, -0.05) is 6.92 Å². The number of hydrogen-bond acceptors (Lipinski definition) is 4. The lowest BCUT2D eigenvalue weighted by molar-refractivity contribution is 0.254. The third kappa shape index (κ3) is 3.53. The van der Waals surface area contributed by atoms with Crippen LogP contribution in [0.2, 0.25) is 0 Å². The molecule has 1 N–H and O–H groups in total. The van der Waals surface area contributed by atoms with Crippen LogP contribution >= 0.6 is 11.8 Å². The molecule has 0 spiro atoms. The molecule has 0 aromatic carbocycles. The molecule has 100 valence electrons. The van der Waals surface area contributed by atoms with Gasteiger partial charge in [0.1, 0.15) is 5.76 Å². The lowest BCUT2D eigenvalue weighted by atomic mass is 10.3. The van der Waals surface area contributed by atoms with Gasteiger partial charge >= 0.3 is 0 Å². The molecule has 0 bridgehead atoms. The van der Waals surface area contributed by atoms with Crippen LogP contribution in [0.15, 0.2) is 16.7 Å². The third-order valence-corrected chi connectivity index (χ3v) is 4.72. The molecule has 1 aromatic heterocycles. The van der Waals surface area contributed by atoms with Crippen molar-refractivity contribution in [1.82, 2.24) is 10.2 Å². The summed E-state index contributed by atoms with van der Waals surface area (Å²) in [6.07, 6.45) is 4.59. The molecule has 1 saturated carbocycles. The van der Waals surface area contributed by atoms with E-state index in [0.717, 1.165) is 30.1 Å². The Labute approximate surface area is 113 Å². The Kier molecular flexibility index (Phi) is 3.97. The summed E-state index contributed by atoms with van der Waals surface area (Å²) in [7, 11) is 0. The Bertz CT molecular complexity index is 389. The van der Waals surface area contributed by atoms with E-state index in [9.17, 15) is 0 Å². The summed E-state index contributed by atoms with van der Waals surface area (Å²) in [6, 6.07) is 2.98. The molecule has 1 saturated heterocycles. The standard InChI is InChI=1S/C14H22N2OS/c1-11-8-16(4-5-18-11)9-14-6-12(10-17-14)7-15-13-2-3-13/h6,10-11,13,15H,2-5,7-9H2,1H3. The van der Waals surface area contributed by atoms with Gasteiger partial charge in [0.15, 0.2) is 0 Å². The van der Waals surface area contributed by atoms with E-state index in [1.807, 2.05) is 6.26 Å². The summed E-state index contributed by atoms with van der Waals surface area (Å²) < 4.78 is 5.67. The molecule has 1 aromatic rings. The van der Waals surface area contributed by atoms with Crippen molar-refractivity contribution in [3.05, 3.63) is 23.7 Å². The van der Waals surface area contributed by atoms with Gasteiger partial charge in [-0.3, -0.25) is 4.90 Å². The maximum atomic E-state index is 5.67. The zero-order valence-electron chi connectivity index (χ0n) is 11.0. The van der Waals surface area contributed by atoms with Crippen LogP contribution in [0.25, 0.3) is 0 Å². The topological polar surface area (TPSA) is 28.4 Å². The number of nitrogens with zero attached hydrogens (tertiary/aromatic N) is 1. The average molecular weight is 266 g/mol. The van der Waals surface area contributed by atoms with Gasteiger partial charge in [0, 0.05) is 42.2 Å². The second-order valence-electron chi connectivity index (χ2n) is 5.49. The van der Waals surface area contributed by atoms with Crippen LogP contribution in [0.5, 0.6) is 0 Å². The van der Waals surface area contributed by atoms with Crippen LogP contribution in [0.1, 0.15) is 31.1 Å². The molecule has 3 rings (SSSR count). The van der Waals surface area contributed by atoms with E-state index in [1.54, 1.807) is 0 Å². The lowest BCUT2D eigenvalue weighted by Gasteiger charge is -2.29. The quantitative estimate of drug-likeness (QED) is 0.886. The van der Waals surface area contributed by atoms with Gasteiger partial charge in [0.25, 0.3) is 0 Å². The average Bonchev–Trinajstić information content (AvgIpc) is 3.08. The van der Waals surface area contributed by atoms with Gasteiger partial charge in [-0.15, -0.1) is 0 Å². The number of thioether (sulfide) groups is 1. The minimum atomic E-state index is 0.754. The first-order valence-corrected chi connectivity index (χ1v) is 7.98. The molecule has 1 atom stereocenters. The summed E-state index contributed by atoms with van der Waals surface area (Å²) >= 11 is 2.07. The number of rotatable bonds is 5. The van der Waals surface area contributed by atoms with E-state index in [-0.39, 0.29) is 0 Å². The minimum absolute atomic E-state index is 0.754. The van der Waals surface area contributed by atoms with Gasteiger partial charge in [0.2, 0.25) is 0 Å². The van der Waals surface area contributed by atoms with Gasteiger partial charge in [-0.05, 0) is 18.9 Å². The highest BCUT2D eigenvalue weighted by Crippen LogP contribution is 2.21. The summed E-state index contributed by atoms with van der Waals surface area (Å²) in [5, 5.41) is 4.27. The van der Waals surface area contributed by atoms with Crippen molar-refractivity contribution >= 4 is 11.8 Å². The van der Waals surface area contributed by atoms with Gasteiger partial charge < -0.3 is 9.73 Å². The van der Waals surface area contributed by atoms with Crippen molar-refractivity contribution in [2.45, 2.75) is 44.1 Å². The molecule has 1 aliphatic heterocycles. The summed E-state index contributed by atoms with van der Waals surface area (Å²) in [4.78, 5) is 2.50. The monoisotopic (exact) mass is 266 g/mol. The van der Waals surface area contributed by atoms with Crippen molar-refractivity contribution in [2.75, 3.05) is 18.8 Å². The smallest absolute Gasteiger partial charge is 0.118 e. The maximum Gasteiger partial charge on any atom is 0.118 e. The fraction of sp³-hybridized carbons (Fsp3) is 0.714. The largest absolute Gasteiger partial charge is 0.468 e. The number of nitrogens with one attached hydrogen (secondary N) is 1. The zero-order valence-corrected chi connectivity index (χ0v) is 11.8. The molecule has 2 heterocycles. The molecule has 2 aliphatic rings. The lowest BCUT2D eigenvalue weighted by Crippen LogP contribution is -2.35.